The minimum atomic E-state index is -0.823. The molecule has 0 aliphatic heterocycles. The molecule has 1 rings (SSSR count). The third-order valence-corrected chi connectivity index (χ3v) is 1.78. The second kappa shape index (κ2) is 3.81. The molecule has 0 atom stereocenters. The Hall–Kier alpha value is 0.300. The fourth-order valence-electron chi connectivity index (χ4n) is 0.505. The largest absolute Gasteiger partial charge is 0.244 e. The van der Waals surface area contributed by atoms with Crippen LogP contribution in [0.1, 0.15) is 21.1 Å². The van der Waals surface area contributed by atoms with Gasteiger partial charge in [-0.2, -0.15) is 0 Å². The number of hydrogen-bond donors (Lipinski definition) is 0. The molecule has 3 nitrogen and oxygen atoms in total. The summed E-state index contributed by atoms with van der Waals surface area (Å²) in [5.74, 6) is 0. The molecule has 7 heteroatoms. The van der Waals surface area contributed by atoms with E-state index in [0.29, 0.717) is 0 Å². The number of hydrogen-bond acceptors (Lipinski definition) is 3. The number of rotatable bonds is 2. The quantitative estimate of drug-likeness (QED) is 0.740. The number of alkyl halides is 4. The maximum atomic E-state index is 5.48. The molecule has 0 aromatic carbocycles. The molecule has 62 valence electrons. The molecule has 0 amide bonds. The first-order chi connectivity index (χ1) is 5.13. The second-order valence-electron chi connectivity index (χ2n) is 1.64. The van der Waals surface area contributed by atoms with Gasteiger partial charge in [0.15, 0.2) is 9.67 Å². The van der Waals surface area contributed by atoms with Crippen LogP contribution in [0.15, 0.2) is 4.63 Å². The van der Waals surface area contributed by atoms with Gasteiger partial charge in [-0.05, 0) is 0 Å². The van der Waals surface area contributed by atoms with E-state index < -0.39 is 9.67 Å². The van der Waals surface area contributed by atoms with Crippen LogP contribution in [-0.4, -0.2) is 10.3 Å². The maximum absolute atomic E-state index is 5.48. The highest BCUT2D eigenvalue weighted by molar-refractivity contribution is 6.45. The summed E-state index contributed by atoms with van der Waals surface area (Å²) in [6, 6.07) is 0. The number of nitrogens with zero attached hydrogens (tertiary/aromatic N) is 2. The summed E-state index contributed by atoms with van der Waals surface area (Å²) in [4.78, 5) is -1.65. The molecule has 1 aromatic rings. The van der Waals surface area contributed by atoms with Crippen LogP contribution < -0.4 is 0 Å². The van der Waals surface area contributed by atoms with Gasteiger partial charge >= 0.3 is 0 Å². The van der Waals surface area contributed by atoms with Crippen LogP contribution >= 0.6 is 46.4 Å². The van der Waals surface area contributed by atoms with E-state index in [0.717, 1.165) is 0 Å². The molecule has 1 heterocycles. The van der Waals surface area contributed by atoms with Crippen molar-refractivity contribution in [3.8, 4) is 0 Å². The van der Waals surface area contributed by atoms with Crippen molar-refractivity contribution >= 4 is 46.4 Å². The summed E-state index contributed by atoms with van der Waals surface area (Å²) in [5, 5.41) is 6.84. The van der Waals surface area contributed by atoms with E-state index in [1.54, 1.807) is 0 Å². The molecule has 0 aliphatic carbocycles. The lowest BCUT2D eigenvalue weighted by atomic mass is 10.4. The van der Waals surface area contributed by atoms with Crippen LogP contribution in [0.4, 0.5) is 0 Å². The maximum Gasteiger partial charge on any atom is 0.155 e. The Balaban J connectivity index is 2.96. The van der Waals surface area contributed by atoms with Crippen molar-refractivity contribution in [3.63, 3.8) is 0 Å². The summed E-state index contributed by atoms with van der Waals surface area (Å²) < 4.78 is 4.33. The summed E-state index contributed by atoms with van der Waals surface area (Å²) in [6.45, 7) is 0. The Labute approximate surface area is 82.5 Å². The fourth-order valence-corrected chi connectivity index (χ4v) is 1.11. The van der Waals surface area contributed by atoms with Crippen molar-refractivity contribution in [2.75, 3.05) is 0 Å². The van der Waals surface area contributed by atoms with Crippen molar-refractivity contribution in [1.29, 1.82) is 0 Å². The minimum absolute atomic E-state index is 0.253. The van der Waals surface area contributed by atoms with Crippen molar-refractivity contribution in [2.24, 2.45) is 0 Å². The van der Waals surface area contributed by atoms with Crippen LogP contribution in [-0.2, 0) is 0 Å². The Kier molecular flexibility index (Phi) is 3.25. The monoisotopic (exact) mass is 234 g/mol. The third-order valence-electron chi connectivity index (χ3n) is 0.954. The predicted molar refractivity (Wildman–Crippen MR) is 43.2 cm³/mol. The Morgan fingerprint density at radius 3 is 1.55 bits per heavy atom. The molecule has 0 spiro atoms. The number of halogens is 4. The van der Waals surface area contributed by atoms with Crippen LogP contribution in [0, 0.1) is 0 Å². The average Bonchev–Trinajstić information content (AvgIpc) is 2.32. The summed E-state index contributed by atoms with van der Waals surface area (Å²) in [5.41, 5.74) is 0.506. The molecular formula is C4H2Cl4N2O. The molecule has 1 aromatic heterocycles. The summed E-state index contributed by atoms with van der Waals surface area (Å²) in [6.07, 6.45) is 0. The molecule has 0 saturated heterocycles. The standard InChI is InChI=1S/C4H2Cl4N2O/c5-3(6)1-2(4(7)8)10-11-9-1/h3-4H. The van der Waals surface area contributed by atoms with E-state index in [1.165, 1.54) is 0 Å². The second-order valence-corrected chi connectivity index (χ2v) is 3.83. The Morgan fingerprint density at radius 2 is 1.27 bits per heavy atom. The van der Waals surface area contributed by atoms with Crippen molar-refractivity contribution in [2.45, 2.75) is 9.67 Å². The van der Waals surface area contributed by atoms with Gasteiger partial charge in [0.1, 0.15) is 11.4 Å². The Morgan fingerprint density at radius 1 is 0.909 bits per heavy atom. The predicted octanol–water partition coefficient (Wildman–Crippen LogP) is 3.02. The van der Waals surface area contributed by atoms with E-state index in [1.807, 2.05) is 0 Å². The van der Waals surface area contributed by atoms with Crippen LogP contribution in [0.3, 0.4) is 0 Å². The molecule has 0 unspecified atom stereocenters. The SMILES string of the molecule is ClC(Cl)c1nonc1C(Cl)Cl. The van der Waals surface area contributed by atoms with Crippen LogP contribution in [0.5, 0.6) is 0 Å². The smallest absolute Gasteiger partial charge is 0.155 e. The van der Waals surface area contributed by atoms with E-state index in [2.05, 4.69) is 14.9 Å². The summed E-state index contributed by atoms with van der Waals surface area (Å²) in [7, 11) is 0. The van der Waals surface area contributed by atoms with E-state index >= 15 is 0 Å². The summed E-state index contributed by atoms with van der Waals surface area (Å²) >= 11 is 21.9. The molecular weight excluding hydrogens is 234 g/mol. The molecule has 0 saturated carbocycles. The fraction of sp³-hybridized carbons (Fsp3) is 0.500. The molecule has 0 bridgehead atoms. The van der Waals surface area contributed by atoms with E-state index in [9.17, 15) is 0 Å². The van der Waals surface area contributed by atoms with Gasteiger partial charge in [-0.1, -0.05) is 56.7 Å². The topological polar surface area (TPSA) is 38.9 Å². The first-order valence-electron chi connectivity index (χ1n) is 2.51. The first-order valence-corrected chi connectivity index (χ1v) is 4.26. The zero-order chi connectivity index (χ0) is 8.43. The number of aromatic nitrogens is 2. The van der Waals surface area contributed by atoms with Gasteiger partial charge < -0.3 is 0 Å². The van der Waals surface area contributed by atoms with Gasteiger partial charge in [-0.3, -0.25) is 0 Å². The van der Waals surface area contributed by atoms with Gasteiger partial charge in [-0.25, -0.2) is 4.63 Å². The minimum Gasteiger partial charge on any atom is -0.244 e. The highest BCUT2D eigenvalue weighted by atomic mass is 35.5. The molecule has 11 heavy (non-hydrogen) atoms. The van der Waals surface area contributed by atoms with Crippen molar-refractivity contribution in [3.05, 3.63) is 11.4 Å². The molecule has 0 aliphatic rings. The lowest BCUT2D eigenvalue weighted by Crippen LogP contribution is -1.90. The van der Waals surface area contributed by atoms with Crippen LogP contribution in [0.25, 0.3) is 0 Å². The van der Waals surface area contributed by atoms with E-state index in [-0.39, 0.29) is 11.4 Å². The van der Waals surface area contributed by atoms with Gasteiger partial charge in [0.25, 0.3) is 0 Å². The van der Waals surface area contributed by atoms with Gasteiger partial charge in [0.05, 0.1) is 0 Å². The van der Waals surface area contributed by atoms with Crippen LogP contribution in [0.2, 0.25) is 0 Å². The van der Waals surface area contributed by atoms with Crippen molar-refractivity contribution in [1.82, 2.24) is 10.3 Å². The van der Waals surface area contributed by atoms with E-state index in [4.69, 9.17) is 46.4 Å². The first kappa shape index (κ1) is 9.39. The van der Waals surface area contributed by atoms with Gasteiger partial charge in [-0.15, -0.1) is 0 Å². The normalized spacial score (nSPS) is 11.5. The van der Waals surface area contributed by atoms with Crippen molar-refractivity contribution < 1.29 is 4.63 Å². The average molecular weight is 236 g/mol. The lowest BCUT2D eigenvalue weighted by molar-refractivity contribution is 0.301. The lowest BCUT2D eigenvalue weighted by Gasteiger charge is -1.97. The van der Waals surface area contributed by atoms with Gasteiger partial charge in [0, 0.05) is 0 Å². The highest BCUT2D eigenvalue weighted by Crippen LogP contribution is 2.32. The zero-order valence-corrected chi connectivity index (χ0v) is 7.99. The molecule has 0 radical (unpaired) electrons. The van der Waals surface area contributed by atoms with Gasteiger partial charge in [0.2, 0.25) is 0 Å². The highest BCUT2D eigenvalue weighted by Gasteiger charge is 2.21. The molecule has 0 fully saturated rings. The third kappa shape index (κ3) is 2.12. The Bertz CT molecular complexity index is 213. The zero-order valence-electron chi connectivity index (χ0n) is 4.97. The molecule has 0 N–H and O–H groups in total.